The number of hydrogen-bond donors (Lipinski definition) is 2. The highest BCUT2D eigenvalue weighted by Gasteiger charge is 2.20. The second kappa shape index (κ2) is 9.26. The number of nitrogens with zero attached hydrogens (tertiary/aromatic N) is 3. The maximum Gasteiger partial charge on any atom is 0.166 e. The summed E-state index contributed by atoms with van der Waals surface area (Å²) in [5, 5.41) is 3.57. The first-order chi connectivity index (χ1) is 14.9. The van der Waals surface area contributed by atoms with Crippen LogP contribution < -0.4 is 20.7 Å². The Kier molecular flexibility index (Phi) is 6.46. The van der Waals surface area contributed by atoms with Gasteiger partial charge in [0, 0.05) is 60.3 Å². The fourth-order valence-electron chi connectivity index (χ4n) is 3.51. The smallest absolute Gasteiger partial charge is 0.166 e. The van der Waals surface area contributed by atoms with Crippen molar-refractivity contribution in [3.63, 3.8) is 0 Å². The summed E-state index contributed by atoms with van der Waals surface area (Å²) in [5.74, 6) is 0.943. The van der Waals surface area contributed by atoms with Crippen molar-refractivity contribution in [2.75, 3.05) is 36.8 Å². The Balaban J connectivity index is 1.57. The number of rotatable bonds is 5. The van der Waals surface area contributed by atoms with Gasteiger partial charge in [-0.15, -0.1) is 0 Å². The molecule has 9 heteroatoms. The summed E-state index contributed by atoms with van der Waals surface area (Å²) in [6.45, 7) is 5.48. The standard InChI is InChI=1S/C22H22Cl2FN5O/c1-13(20-16(23)3-4-17(25)21(20)24)31-18-10-15(12-29-22(18)26)14-2-5-19(28-11-14)30-8-6-27-7-9-30/h2-5,10-13,27H,6-9H2,1H3,(H2,26,29)/t13-/m1/s1. The predicted octanol–water partition coefficient (Wildman–Crippen LogP) is 4.72. The van der Waals surface area contributed by atoms with Crippen molar-refractivity contribution in [2.24, 2.45) is 0 Å². The summed E-state index contributed by atoms with van der Waals surface area (Å²) < 4.78 is 19.9. The van der Waals surface area contributed by atoms with Crippen LogP contribution >= 0.6 is 23.2 Å². The zero-order valence-electron chi connectivity index (χ0n) is 16.9. The van der Waals surface area contributed by atoms with Crippen LogP contribution in [0.1, 0.15) is 18.6 Å². The van der Waals surface area contributed by atoms with E-state index in [4.69, 9.17) is 33.7 Å². The van der Waals surface area contributed by atoms with Gasteiger partial charge in [0.1, 0.15) is 17.7 Å². The van der Waals surface area contributed by atoms with Gasteiger partial charge in [0.2, 0.25) is 0 Å². The van der Waals surface area contributed by atoms with E-state index in [0.29, 0.717) is 16.3 Å². The molecule has 0 bridgehead atoms. The maximum absolute atomic E-state index is 13.9. The molecule has 162 valence electrons. The minimum Gasteiger partial charge on any atom is -0.482 e. The minimum atomic E-state index is -0.636. The number of piperazine rings is 1. The predicted molar refractivity (Wildman–Crippen MR) is 122 cm³/mol. The number of hydrogen-bond acceptors (Lipinski definition) is 6. The number of pyridine rings is 2. The van der Waals surface area contributed by atoms with Gasteiger partial charge in [0.25, 0.3) is 0 Å². The highest BCUT2D eigenvalue weighted by atomic mass is 35.5. The molecular weight excluding hydrogens is 440 g/mol. The Morgan fingerprint density at radius 2 is 1.84 bits per heavy atom. The van der Waals surface area contributed by atoms with Crippen molar-refractivity contribution in [2.45, 2.75) is 13.0 Å². The Morgan fingerprint density at radius 1 is 1.10 bits per heavy atom. The normalized spacial score (nSPS) is 15.0. The topological polar surface area (TPSA) is 76.3 Å². The van der Waals surface area contributed by atoms with Crippen molar-refractivity contribution in [1.29, 1.82) is 0 Å². The van der Waals surface area contributed by atoms with Crippen molar-refractivity contribution >= 4 is 34.8 Å². The van der Waals surface area contributed by atoms with Crippen LogP contribution in [0.15, 0.2) is 42.7 Å². The van der Waals surface area contributed by atoms with Gasteiger partial charge < -0.3 is 20.7 Å². The second-order valence-electron chi connectivity index (χ2n) is 7.27. The lowest BCUT2D eigenvalue weighted by Gasteiger charge is -2.28. The van der Waals surface area contributed by atoms with E-state index in [1.54, 1.807) is 25.4 Å². The van der Waals surface area contributed by atoms with Crippen LogP contribution in [-0.4, -0.2) is 36.1 Å². The molecule has 3 aromatic rings. The van der Waals surface area contributed by atoms with E-state index in [2.05, 4.69) is 20.2 Å². The molecule has 1 aliphatic heterocycles. The Hall–Kier alpha value is -2.61. The molecule has 3 heterocycles. The third kappa shape index (κ3) is 4.69. The van der Waals surface area contributed by atoms with E-state index >= 15 is 0 Å². The third-order valence-corrected chi connectivity index (χ3v) is 5.91. The minimum absolute atomic E-state index is 0.0737. The van der Waals surface area contributed by atoms with E-state index < -0.39 is 11.9 Å². The van der Waals surface area contributed by atoms with E-state index in [9.17, 15) is 4.39 Å². The molecule has 1 atom stereocenters. The number of nitrogens with two attached hydrogens (primary N) is 1. The largest absolute Gasteiger partial charge is 0.482 e. The Bertz CT molecular complexity index is 1070. The van der Waals surface area contributed by atoms with Crippen LogP contribution in [0.4, 0.5) is 16.0 Å². The lowest BCUT2D eigenvalue weighted by molar-refractivity contribution is 0.227. The molecule has 31 heavy (non-hydrogen) atoms. The molecule has 0 aliphatic carbocycles. The zero-order valence-corrected chi connectivity index (χ0v) is 18.4. The molecule has 0 amide bonds. The van der Waals surface area contributed by atoms with Crippen molar-refractivity contribution in [3.8, 4) is 16.9 Å². The van der Waals surface area contributed by atoms with Crippen molar-refractivity contribution < 1.29 is 9.13 Å². The summed E-state index contributed by atoms with van der Waals surface area (Å²) in [6.07, 6.45) is 2.83. The summed E-state index contributed by atoms with van der Waals surface area (Å²) in [7, 11) is 0. The fraction of sp³-hybridized carbons (Fsp3) is 0.273. The van der Waals surface area contributed by atoms with Gasteiger partial charge in [0.05, 0.1) is 5.02 Å². The summed E-state index contributed by atoms with van der Waals surface area (Å²) in [5.41, 5.74) is 8.05. The molecule has 0 spiro atoms. The van der Waals surface area contributed by atoms with Gasteiger partial charge in [-0.25, -0.2) is 14.4 Å². The number of ether oxygens (including phenoxy) is 1. The number of halogens is 3. The molecular formula is C22H22Cl2FN5O. The number of nitrogens with one attached hydrogen (secondary N) is 1. The van der Waals surface area contributed by atoms with Crippen LogP contribution in [0.2, 0.25) is 10.0 Å². The number of anilines is 2. The molecule has 0 saturated carbocycles. The summed E-state index contributed by atoms with van der Waals surface area (Å²) >= 11 is 12.3. The van der Waals surface area contributed by atoms with E-state index in [-0.39, 0.29) is 10.8 Å². The van der Waals surface area contributed by atoms with Gasteiger partial charge in [-0.1, -0.05) is 23.2 Å². The first-order valence-electron chi connectivity index (χ1n) is 9.91. The van der Waals surface area contributed by atoms with Crippen LogP contribution in [-0.2, 0) is 0 Å². The van der Waals surface area contributed by atoms with Crippen LogP contribution in [0.3, 0.4) is 0 Å². The van der Waals surface area contributed by atoms with Crippen molar-refractivity contribution in [3.05, 3.63) is 64.2 Å². The molecule has 1 saturated heterocycles. The van der Waals surface area contributed by atoms with E-state index in [1.807, 2.05) is 12.1 Å². The highest BCUT2D eigenvalue weighted by molar-refractivity contribution is 6.36. The molecule has 0 unspecified atom stereocenters. The molecule has 3 N–H and O–H groups in total. The highest BCUT2D eigenvalue weighted by Crippen LogP contribution is 2.37. The first-order valence-corrected chi connectivity index (χ1v) is 10.7. The lowest BCUT2D eigenvalue weighted by atomic mass is 10.1. The first kappa shape index (κ1) is 21.6. The zero-order chi connectivity index (χ0) is 22.0. The molecule has 4 rings (SSSR count). The molecule has 2 aromatic heterocycles. The third-order valence-electron chi connectivity index (χ3n) is 5.19. The van der Waals surface area contributed by atoms with Gasteiger partial charge in [-0.2, -0.15) is 0 Å². The molecule has 0 radical (unpaired) electrons. The van der Waals surface area contributed by atoms with Crippen molar-refractivity contribution in [1.82, 2.24) is 15.3 Å². The van der Waals surface area contributed by atoms with Crippen LogP contribution in [0, 0.1) is 5.82 Å². The fourth-order valence-corrected chi connectivity index (χ4v) is 4.19. The molecule has 1 aliphatic rings. The quantitative estimate of drug-likeness (QED) is 0.535. The van der Waals surface area contributed by atoms with Gasteiger partial charge in [0.15, 0.2) is 11.6 Å². The Labute approximate surface area is 190 Å². The second-order valence-corrected chi connectivity index (χ2v) is 8.05. The monoisotopic (exact) mass is 461 g/mol. The number of benzene rings is 1. The maximum atomic E-state index is 13.9. The molecule has 1 aromatic carbocycles. The Morgan fingerprint density at radius 3 is 2.55 bits per heavy atom. The van der Waals surface area contributed by atoms with E-state index in [0.717, 1.165) is 43.1 Å². The summed E-state index contributed by atoms with van der Waals surface area (Å²) in [6, 6.07) is 8.43. The molecule has 6 nitrogen and oxygen atoms in total. The van der Waals surface area contributed by atoms with Gasteiger partial charge in [-0.05, 0) is 37.3 Å². The average molecular weight is 462 g/mol. The number of aromatic nitrogens is 2. The average Bonchev–Trinajstić information content (AvgIpc) is 2.79. The van der Waals surface area contributed by atoms with Crippen LogP contribution in [0.5, 0.6) is 5.75 Å². The van der Waals surface area contributed by atoms with Gasteiger partial charge >= 0.3 is 0 Å². The van der Waals surface area contributed by atoms with Crippen LogP contribution in [0.25, 0.3) is 11.1 Å². The molecule has 1 fully saturated rings. The lowest BCUT2D eigenvalue weighted by Crippen LogP contribution is -2.43. The SMILES string of the molecule is C[C@@H](Oc1cc(-c2ccc(N3CCNCC3)nc2)cnc1N)c1c(Cl)ccc(F)c1Cl. The number of nitrogen functional groups attached to an aromatic ring is 1. The van der Waals surface area contributed by atoms with E-state index in [1.165, 1.54) is 12.1 Å². The summed E-state index contributed by atoms with van der Waals surface area (Å²) in [4.78, 5) is 11.1. The van der Waals surface area contributed by atoms with Gasteiger partial charge in [-0.3, -0.25) is 0 Å².